The molecule has 1 aromatic carbocycles. The average Bonchev–Trinajstić information content (AvgIpc) is 3.11. The number of likely N-dealkylation sites (tertiary alicyclic amines) is 1. The molecule has 3 aromatic rings. The van der Waals surface area contributed by atoms with Crippen LogP contribution in [0.3, 0.4) is 0 Å². The maximum atomic E-state index is 9.69. The zero-order valence-electron chi connectivity index (χ0n) is 13.9. The van der Waals surface area contributed by atoms with Gasteiger partial charge in [-0.05, 0) is 48.7 Å². The Morgan fingerprint density at radius 2 is 2.00 bits per heavy atom. The number of pyridine rings is 1. The minimum Gasteiger partial charge on any atom is -0.508 e. The van der Waals surface area contributed by atoms with Crippen LogP contribution >= 0.6 is 0 Å². The topological polar surface area (TPSA) is 62.1 Å². The lowest BCUT2D eigenvalue weighted by Crippen LogP contribution is -2.20. The minimum absolute atomic E-state index is 0.266. The number of hydrogen-bond acceptors (Lipinski definition) is 5. The van der Waals surface area contributed by atoms with Gasteiger partial charge in [0.15, 0.2) is 0 Å². The van der Waals surface area contributed by atoms with Crippen molar-refractivity contribution in [2.75, 3.05) is 13.1 Å². The van der Waals surface area contributed by atoms with Crippen molar-refractivity contribution in [2.24, 2.45) is 0 Å². The zero-order chi connectivity index (χ0) is 17.1. The second kappa shape index (κ2) is 6.99. The van der Waals surface area contributed by atoms with Gasteiger partial charge in [-0.2, -0.15) is 0 Å². The standard InChI is InChI=1S/C20H20N4O/c25-19-3-1-2-17(8-19)20-9-16(4-6-23-20)18-5-7-24(13-18)12-15-10-21-14-22-11-15/h1-4,6,8-11,14,18,25H,5,7,12-13H2/t18-/m1/s1. The molecule has 0 amide bonds. The highest BCUT2D eigenvalue weighted by Gasteiger charge is 2.24. The number of aromatic nitrogens is 3. The lowest BCUT2D eigenvalue weighted by Gasteiger charge is -2.16. The van der Waals surface area contributed by atoms with Crippen LogP contribution in [0.1, 0.15) is 23.5 Å². The Morgan fingerprint density at radius 3 is 2.84 bits per heavy atom. The summed E-state index contributed by atoms with van der Waals surface area (Å²) >= 11 is 0. The molecule has 25 heavy (non-hydrogen) atoms. The van der Waals surface area contributed by atoms with Gasteiger partial charge in [-0.15, -0.1) is 0 Å². The molecular formula is C20H20N4O. The third-order valence-electron chi connectivity index (χ3n) is 4.69. The maximum absolute atomic E-state index is 9.69. The number of phenols is 1. The quantitative estimate of drug-likeness (QED) is 0.795. The fourth-order valence-corrected chi connectivity index (χ4v) is 3.44. The summed E-state index contributed by atoms with van der Waals surface area (Å²) in [6.07, 6.45) is 8.33. The molecule has 126 valence electrons. The van der Waals surface area contributed by atoms with Crippen LogP contribution in [0, 0.1) is 0 Å². The van der Waals surface area contributed by atoms with E-state index in [9.17, 15) is 5.11 Å². The maximum Gasteiger partial charge on any atom is 0.116 e. The summed E-state index contributed by atoms with van der Waals surface area (Å²) in [5.41, 5.74) is 4.31. The summed E-state index contributed by atoms with van der Waals surface area (Å²) < 4.78 is 0. The number of rotatable bonds is 4. The lowest BCUT2D eigenvalue weighted by molar-refractivity contribution is 0.326. The third-order valence-corrected chi connectivity index (χ3v) is 4.69. The Bertz CT molecular complexity index is 853. The fraction of sp³-hybridized carbons (Fsp3) is 0.250. The molecule has 0 aliphatic carbocycles. The summed E-state index contributed by atoms with van der Waals surface area (Å²) in [6.45, 7) is 2.99. The van der Waals surface area contributed by atoms with E-state index in [1.807, 2.05) is 30.7 Å². The first-order valence-electron chi connectivity index (χ1n) is 8.49. The van der Waals surface area contributed by atoms with Crippen molar-refractivity contribution in [3.63, 3.8) is 0 Å². The molecule has 5 heteroatoms. The molecule has 4 rings (SSSR count). The van der Waals surface area contributed by atoms with E-state index in [0.717, 1.165) is 42.9 Å². The second-order valence-electron chi connectivity index (χ2n) is 6.49. The van der Waals surface area contributed by atoms with Gasteiger partial charge in [0.05, 0.1) is 5.69 Å². The van der Waals surface area contributed by atoms with Crippen molar-refractivity contribution in [3.05, 3.63) is 72.4 Å². The van der Waals surface area contributed by atoms with E-state index in [0.29, 0.717) is 5.92 Å². The van der Waals surface area contributed by atoms with E-state index in [2.05, 4.69) is 32.0 Å². The van der Waals surface area contributed by atoms with Crippen molar-refractivity contribution < 1.29 is 5.11 Å². The van der Waals surface area contributed by atoms with E-state index >= 15 is 0 Å². The van der Waals surface area contributed by atoms with Crippen LogP contribution in [0.2, 0.25) is 0 Å². The Balaban J connectivity index is 1.48. The summed E-state index contributed by atoms with van der Waals surface area (Å²) in [4.78, 5) is 15.1. The van der Waals surface area contributed by atoms with Crippen LogP contribution < -0.4 is 0 Å². The van der Waals surface area contributed by atoms with Crippen LogP contribution in [-0.4, -0.2) is 38.0 Å². The molecule has 0 saturated carbocycles. The predicted octanol–water partition coefficient (Wildman–Crippen LogP) is 3.23. The first-order chi connectivity index (χ1) is 12.3. The molecule has 0 unspecified atom stereocenters. The Kier molecular flexibility index (Phi) is 4.39. The normalized spacial score (nSPS) is 17.7. The molecule has 0 radical (unpaired) electrons. The summed E-state index contributed by atoms with van der Waals surface area (Å²) in [6, 6.07) is 11.5. The minimum atomic E-state index is 0.266. The van der Waals surface area contributed by atoms with Gasteiger partial charge in [0.2, 0.25) is 0 Å². The molecular weight excluding hydrogens is 312 g/mol. The lowest BCUT2D eigenvalue weighted by atomic mass is 9.97. The van der Waals surface area contributed by atoms with Crippen molar-refractivity contribution in [3.8, 4) is 17.0 Å². The molecule has 1 N–H and O–H groups in total. The molecule has 1 aliphatic rings. The first-order valence-corrected chi connectivity index (χ1v) is 8.49. The van der Waals surface area contributed by atoms with Crippen LogP contribution in [0.5, 0.6) is 5.75 Å². The average molecular weight is 332 g/mol. The molecule has 3 heterocycles. The summed E-state index contributed by atoms with van der Waals surface area (Å²) in [7, 11) is 0. The molecule has 0 spiro atoms. The van der Waals surface area contributed by atoms with Crippen LogP contribution in [-0.2, 0) is 6.54 Å². The van der Waals surface area contributed by atoms with E-state index in [1.54, 1.807) is 18.5 Å². The highest BCUT2D eigenvalue weighted by atomic mass is 16.3. The van der Waals surface area contributed by atoms with Crippen molar-refractivity contribution in [2.45, 2.75) is 18.9 Å². The molecule has 2 aromatic heterocycles. The Morgan fingerprint density at radius 1 is 1.12 bits per heavy atom. The largest absolute Gasteiger partial charge is 0.508 e. The first kappa shape index (κ1) is 15.7. The van der Waals surface area contributed by atoms with E-state index < -0.39 is 0 Å². The van der Waals surface area contributed by atoms with E-state index in [4.69, 9.17) is 0 Å². The van der Waals surface area contributed by atoms with Gasteiger partial charge in [-0.1, -0.05) is 12.1 Å². The smallest absolute Gasteiger partial charge is 0.116 e. The van der Waals surface area contributed by atoms with Gasteiger partial charge in [-0.25, -0.2) is 9.97 Å². The predicted molar refractivity (Wildman–Crippen MR) is 96.0 cm³/mol. The van der Waals surface area contributed by atoms with Crippen LogP contribution in [0.15, 0.2) is 61.3 Å². The Labute approximate surface area is 147 Å². The van der Waals surface area contributed by atoms with Crippen LogP contribution in [0.4, 0.5) is 0 Å². The molecule has 0 bridgehead atoms. The van der Waals surface area contributed by atoms with E-state index in [-0.39, 0.29) is 5.75 Å². The second-order valence-corrected chi connectivity index (χ2v) is 6.49. The van der Waals surface area contributed by atoms with Gasteiger partial charge < -0.3 is 5.11 Å². The van der Waals surface area contributed by atoms with Crippen molar-refractivity contribution >= 4 is 0 Å². The van der Waals surface area contributed by atoms with Crippen LogP contribution in [0.25, 0.3) is 11.3 Å². The van der Waals surface area contributed by atoms with Crippen molar-refractivity contribution in [1.82, 2.24) is 19.9 Å². The molecule has 1 saturated heterocycles. The highest BCUT2D eigenvalue weighted by Crippen LogP contribution is 2.30. The van der Waals surface area contributed by atoms with Crippen molar-refractivity contribution in [1.29, 1.82) is 0 Å². The van der Waals surface area contributed by atoms with Gasteiger partial charge in [0.1, 0.15) is 12.1 Å². The summed E-state index contributed by atoms with van der Waals surface area (Å²) in [5, 5.41) is 9.69. The van der Waals surface area contributed by atoms with Gasteiger partial charge in [0.25, 0.3) is 0 Å². The highest BCUT2D eigenvalue weighted by molar-refractivity contribution is 5.61. The van der Waals surface area contributed by atoms with E-state index in [1.165, 1.54) is 5.56 Å². The summed E-state index contributed by atoms with van der Waals surface area (Å²) in [5.74, 6) is 0.769. The number of nitrogens with zero attached hydrogens (tertiary/aromatic N) is 4. The third kappa shape index (κ3) is 3.67. The Hall–Kier alpha value is -2.79. The zero-order valence-corrected chi connectivity index (χ0v) is 13.9. The molecule has 5 nitrogen and oxygen atoms in total. The fourth-order valence-electron chi connectivity index (χ4n) is 3.44. The number of aromatic hydroxyl groups is 1. The molecule has 1 atom stereocenters. The number of phenolic OH excluding ortho intramolecular Hbond substituents is 1. The number of benzene rings is 1. The van der Waals surface area contributed by atoms with Gasteiger partial charge in [-0.3, -0.25) is 9.88 Å². The van der Waals surface area contributed by atoms with Gasteiger partial charge in [0, 0.05) is 42.8 Å². The van der Waals surface area contributed by atoms with Gasteiger partial charge >= 0.3 is 0 Å². The number of hydrogen-bond donors (Lipinski definition) is 1. The molecule has 1 fully saturated rings. The monoisotopic (exact) mass is 332 g/mol. The SMILES string of the molecule is Oc1cccc(-c2cc([C@@H]3CCN(Cc4cncnc4)C3)ccn2)c1. The molecule has 1 aliphatic heterocycles.